The van der Waals surface area contributed by atoms with Crippen molar-refractivity contribution in [2.24, 2.45) is 0 Å². The van der Waals surface area contributed by atoms with Crippen LogP contribution in [-0.2, 0) is 12.7 Å². The lowest BCUT2D eigenvalue weighted by Gasteiger charge is -2.31. The molecule has 1 N–H and O–H groups in total. The Balaban J connectivity index is 1.68. The third-order valence-corrected chi connectivity index (χ3v) is 4.46. The highest BCUT2D eigenvalue weighted by Gasteiger charge is 2.34. The SMILES string of the molecule is CC(C)n1ccnc1CN1CCC[C@@H](c2ncc(C(F)(F)F)[nH]2)C1. The molecule has 0 unspecified atom stereocenters. The second-order valence-corrected chi connectivity index (χ2v) is 6.60. The van der Waals surface area contributed by atoms with Crippen molar-refractivity contribution in [1.29, 1.82) is 0 Å². The number of hydrogen-bond acceptors (Lipinski definition) is 3. The molecular formula is C16H22F3N5. The van der Waals surface area contributed by atoms with Crippen LogP contribution in [0.25, 0.3) is 0 Å². The summed E-state index contributed by atoms with van der Waals surface area (Å²) in [6.07, 6.45) is 2.05. The molecule has 2 aromatic heterocycles. The molecule has 0 amide bonds. The lowest BCUT2D eigenvalue weighted by Crippen LogP contribution is -2.35. The summed E-state index contributed by atoms with van der Waals surface area (Å²) in [4.78, 5) is 13.1. The van der Waals surface area contributed by atoms with Crippen molar-refractivity contribution in [2.45, 2.75) is 51.4 Å². The summed E-state index contributed by atoms with van der Waals surface area (Å²) in [5, 5.41) is 0. The van der Waals surface area contributed by atoms with Crippen molar-refractivity contribution >= 4 is 0 Å². The number of alkyl halides is 3. The second kappa shape index (κ2) is 6.58. The van der Waals surface area contributed by atoms with Gasteiger partial charge >= 0.3 is 6.18 Å². The molecule has 24 heavy (non-hydrogen) atoms. The van der Waals surface area contributed by atoms with Gasteiger partial charge in [0.1, 0.15) is 17.3 Å². The Bertz CT molecular complexity index is 673. The number of nitrogens with zero attached hydrogens (tertiary/aromatic N) is 4. The van der Waals surface area contributed by atoms with Crippen LogP contribution >= 0.6 is 0 Å². The maximum atomic E-state index is 12.7. The highest BCUT2D eigenvalue weighted by molar-refractivity contribution is 5.10. The first kappa shape index (κ1) is 17.0. The number of rotatable bonds is 4. The van der Waals surface area contributed by atoms with Gasteiger partial charge in [0.25, 0.3) is 0 Å². The Morgan fingerprint density at radius 2 is 2.12 bits per heavy atom. The third-order valence-electron chi connectivity index (χ3n) is 4.46. The molecule has 1 aliphatic rings. The fraction of sp³-hybridized carbons (Fsp3) is 0.625. The quantitative estimate of drug-likeness (QED) is 0.925. The molecule has 3 rings (SSSR count). The van der Waals surface area contributed by atoms with Gasteiger partial charge in [-0.3, -0.25) is 4.90 Å². The van der Waals surface area contributed by atoms with Gasteiger partial charge < -0.3 is 9.55 Å². The minimum absolute atomic E-state index is 0.00249. The Labute approximate surface area is 138 Å². The molecule has 0 bridgehead atoms. The second-order valence-electron chi connectivity index (χ2n) is 6.60. The lowest BCUT2D eigenvalue weighted by molar-refractivity contribution is -0.141. The number of piperidine rings is 1. The Morgan fingerprint density at radius 1 is 1.33 bits per heavy atom. The standard InChI is InChI=1S/C16H22F3N5/c1-11(2)24-7-5-20-14(24)10-23-6-3-4-12(9-23)15-21-8-13(22-15)16(17,18)19/h5,7-8,11-12H,3-4,6,9-10H2,1-2H3,(H,21,22)/t12-/m1/s1. The summed E-state index contributed by atoms with van der Waals surface area (Å²) in [7, 11) is 0. The molecular weight excluding hydrogens is 319 g/mol. The van der Waals surface area contributed by atoms with Gasteiger partial charge in [-0.15, -0.1) is 0 Å². The number of likely N-dealkylation sites (tertiary alicyclic amines) is 1. The van der Waals surface area contributed by atoms with Crippen LogP contribution in [0.4, 0.5) is 13.2 Å². The molecule has 1 fully saturated rings. The van der Waals surface area contributed by atoms with Crippen molar-refractivity contribution in [3.63, 3.8) is 0 Å². The molecule has 132 valence electrons. The van der Waals surface area contributed by atoms with Crippen LogP contribution in [-0.4, -0.2) is 37.5 Å². The average molecular weight is 341 g/mol. The number of H-pyrrole nitrogens is 1. The normalized spacial score (nSPS) is 20.0. The Kier molecular flexibility index (Phi) is 4.67. The summed E-state index contributed by atoms with van der Waals surface area (Å²) >= 11 is 0. The minimum Gasteiger partial charge on any atom is -0.338 e. The smallest absolute Gasteiger partial charge is 0.338 e. The van der Waals surface area contributed by atoms with Gasteiger partial charge in [-0.25, -0.2) is 9.97 Å². The molecule has 2 aromatic rings. The van der Waals surface area contributed by atoms with E-state index in [0.29, 0.717) is 25.0 Å². The Morgan fingerprint density at radius 3 is 2.79 bits per heavy atom. The van der Waals surface area contributed by atoms with E-state index in [1.54, 1.807) is 6.20 Å². The lowest BCUT2D eigenvalue weighted by atomic mass is 9.97. The fourth-order valence-electron chi connectivity index (χ4n) is 3.25. The zero-order valence-electron chi connectivity index (χ0n) is 13.8. The average Bonchev–Trinajstić information content (AvgIpc) is 3.16. The van der Waals surface area contributed by atoms with E-state index in [-0.39, 0.29) is 5.92 Å². The number of nitrogens with one attached hydrogen (secondary N) is 1. The van der Waals surface area contributed by atoms with Crippen LogP contribution in [0.1, 0.15) is 56.0 Å². The largest absolute Gasteiger partial charge is 0.432 e. The molecule has 0 spiro atoms. The molecule has 1 saturated heterocycles. The zero-order valence-corrected chi connectivity index (χ0v) is 13.8. The molecule has 8 heteroatoms. The number of aromatic nitrogens is 4. The van der Waals surface area contributed by atoms with Crippen molar-refractivity contribution in [1.82, 2.24) is 24.4 Å². The topological polar surface area (TPSA) is 49.7 Å². The zero-order chi connectivity index (χ0) is 17.3. The van der Waals surface area contributed by atoms with E-state index in [0.717, 1.165) is 31.4 Å². The molecule has 0 aliphatic carbocycles. The Hall–Kier alpha value is -1.83. The van der Waals surface area contributed by atoms with Crippen molar-refractivity contribution in [3.05, 3.63) is 35.9 Å². The van der Waals surface area contributed by atoms with Gasteiger partial charge in [-0.1, -0.05) is 0 Å². The third kappa shape index (κ3) is 3.63. The maximum Gasteiger partial charge on any atom is 0.432 e. The summed E-state index contributed by atoms with van der Waals surface area (Å²) < 4.78 is 40.3. The van der Waals surface area contributed by atoms with E-state index < -0.39 is 11.9 Å². The monoisotopic (exact) mass is 341 g/mol. The van der Waals surface area contributed by atoms with Crippen LogP contribution in [0.2, 0.25) is 0 Å². The van der Waals surface area contributed by atoms with Gasteiger partial charge in [0.15, 0.2) is 0 Å². The predicted octanol–water partition coefficient (Wildman–Crippen LogP) is 3.59. The van der Waals surface area contributed by atoms with Gasteiger partial charge in [0.05, 0.1) is 12.7 Å². The number of halogens is 3. The first-order valence-electron chi connectivity index (χ1n) is 8.20. The van der Waals surface area contributed by atoms with Gasteiger partial charge in [0, 0.05) is 30.9 Å². The molecule has 0 saturated carbocycles. The van der Waals surface area contributed by atoms with Crippen LogP contribution in [0.15, 0.2) is 18.6 Å². The minimum atomic E-state index is -4.37. The summed E-state index contributed by atoms with van der Waals surface area (Å²) in [6.45, 7) is 6.52. The van der Waals surface area contributed by atoms with Crippen LogP contribution in [0.3, 0.4) is 0 Å². The van der Waals surface area contributed by atoms with E-state index in [4.69, 9.17) is 0 Å². The summed E-state index contributed by atoms with van der Waals surface area (Å²) in [6, 6.07) is 0.336. The molecule has 5 nitrogen and oxygen atoms in total. The summed E-state index contributed by atoms with van der Waals surface area (Å²) in [5.41, 5.74) is -0.773. The molecule has 0 radical (unpaired) electrons. The first-order valence-corrected chi connectivity index (χ1v) is 8.20. The first-order chi connectivity index (χ1) is 11.3. The molecule has 3 heterocycles. The van der Waals surface area contributed by atoms with Crippen molar-refractivity contribution < 1.29 is 13.2 Å². The fourth-order valence-corrected chi connectivity index (χ4v) is 3.25. The van der Waals surface area contributed by atoms with E-state index in [1.807, 2.05) is 6.20 Å². The highest BCUT2D eigenvalue weighted by atomic mass is 19.4. The van der Waals surface area contributed by atoms with Crippen LogP contribution in [0, 0.1) is 0 Å². The van der Waals surface area contributed by atoms with E-state index >= 15 is 0 Å². The molecule has 0 aromatic carbocycles. The van der Waals surface area contributed by atoms with Crippen molar-refractivity contribution in [3.8, 4) is 0 Å². The van der Waals surface area contributed by atoms with E-state index in [2.05, 4.69) is 38.3 Å². The van der Waals surface area contributed by atoms with E-state index in [1.165, 1.54) is 0 Å². The summed E-state index contributed by atoms with van der Waals surface area (Å²) in [5.74, 6) is 1.41. The molecule has 1 atom stereocenters. The van der Waals surface area contributed by atoms with Gasteiger partial charge in [-0.05, 0) is 33.2 Å². The van der Waals surface area contributed by atoms with E-state index in [9.17, 15) is 13.2 Å². The van der Waals surface area contributed by atoms with Crippen LogP contribution in [0.5, 0.6) is 0 Å². The van der Waals surface area contributed by atoms with Gasteiger partial charge in [-0.2, -0.15) is 13.2 Å². The highest BCUT2D eigenvalue weighted by Crippen LogP contribution is 2.31. The predicted molar refractivity (Wildman–Crippen MR) is 83.5 cm³/mol. The number of imidazole rings is 2. The molecule has 1 aliphatic heterocycles. The number of aromatic amines is 1. The maximum absolute atomic E-state index is 12.7. The van der Waals surface area contributed by atoms with Crippen molar-refractivity contribution in [2.75, 3.05) is 13.1 Å². The number of hydrogen-bond donors (Lipinski definition) is 1. The van der Waals surface area contributed by atoms with Crippen LogP contribution < -0.4 is 0 Å². The van der Waals surface area contributed by atoms with Gasteiger partial charge in [0.2, 0.25) is 0 Å².